The molecule has 20 heavy (non-hydrogen) atoms. The second-order valence-electron chi connectivity index (χ2n) is 5.06. The number of benzene rings is 2. The fourth-order valence-corrected chi connectivity index (χ4v) is 1.96. The largest absolute Gasteiger partial charge is 0.494 e. The van der Waals surface area contributed by atoms with Gasteiger partial charge in [-0.2, -0.15) is 0 Å². The fraction of sp³-hybridized carbons (Fsp3) is 0.333. The van der Waals surface area contributed by atoms with E-state index in [4.69, 9.17) is 9.47 Å². The third kappa shape index (κ3) is 4.02. The van der Waals surface area contributed by atoms with E-state index in [0.717, 1.165) is 24.5 Å². The van der Waals surface area contributed by atoms with E-state index in [-0.39, 0.29) is 6.10 Å². The predicted octanol–water partition coefficient (Wildman–Crippen LogP) is 4.93. The summed E-state index contributed by atoms with van der Waals surface area (Å²) in [7, 11) is 0. The summed E-state index contributed by atoms with van der Waals surface area (Å²) in [4.78, 5) is 0. The van der Waals surface area contributed by atoms with Gasteiger partial charge in [-0.25, -0.2) is 0 Å². The van der Waals surface area contributed by atoms with Gasteiger partial charge in [0.25, 0.3) is 0 Å². The molecule has 0 saturated carbocycles. The standard InChI is InChI=1S/C18H22O2/c1-4-13-19-17-9-5-15(6-10-17)16-7-11-18(12-8-16)20-14(2)3/h5-12,14H,4,13H2,1-3H3. The van der Waals surface area contributed by atoms with Crippen LogP contribution in [0.3, 0.4) is 0 Å². The third-order valence-corrected chi connectivity index (χ3v) is 2.89. The first kappa shape index (κ1) is 14.4. The number of hydrogen-bond donors (Lipinski definition) is 0. The molecule has 2 rings (SSSR count). The van der Waals surface area contributed by atoms with Crippen molar-refractivity contribution in [2.24, 2.45) is 0 Å². The molecule has 0 aliphatic heterocycles. The smallest absolute Gasteiger partial charge is 0.119 e. The molecule has 0 fully saturated rings. The lowest BCUT2D eigenvalue weighted by Gasteiger charge is -2.10. The SMILES string of the molecule is CCCOc1ccc(-c2ccc(OC(C)C)cc2)cc1. The summed E-state index contributed by atoms with van der Waals surface area (Å²) < 4.78 is 11.2. The van der Waals surface area contributed by atoms with Gasteiger partial charge in [0.2, 0.25) is 0 Å². The summed E-state index contributed by atoms with van der Waals surface area (Å²) in [6.07, 6.45) is 1.23. The van der Waals surface area contributed by atoms with Crippen LogP contribution in [0.15, 0.2) is 48.5 Å². The molecule has 0 N–H and O–H groups in total. The van der Waals surface area contributed by atoms with E-state index in [0.29, 0.717) is 0 Å². The molecule has 0 atom stereocenters. The molecule has 0 bridgehead atoms. The Hall–Kier alpha value is -1.96. The van der Waals surface area contributed by atoms with Crippen molar-refractivity contribution in [3.8, 4) is 22.6 Å². The molecule has 0 aliphatic carbocycles. The molecular weight excluding hydrogens is 248 g/mol. The molecule has 106 valence electrons. The molecule has 0 unspecified atom stereocenters. The Balaban J connectivity index is 2.07. The second kappa shape index (κ2) is 6.99. The molecule has 0 saturated heterocycles. The average Bonchev–Trinajstić information content (AvgIpc) is 2.46. The molecule has 0 amide bonds. The summed E-state index contributed by atoms with van der Waals surface area (Å²) in [5.74, 6) is 1.84. The molecule has 0 aromatic heterocycles. The Morgan fingerprint density at radius 2 is 1.30 bits per heavy atom. The van der Waals surface area contributed by atoms with E-state index < -0.39 is 0 Å². The van der Waals surface area contributed by atoms with Crippen molar-refractivity contribution in [1.29, 1.82) is 0 Å². The Kier molecular flexibility index (Phi) is 5.05. The molecule has 0 spiro atoms. The Bertz CT molecular complexity index is 512. The molecule has 2 nitrogen and oxygen atoms in total. The Labute approximate surface area is 121 Å². The number of ether oxygens (including phenoxy) is 2. The van der Waals surface area contributed by atoms with Crippen molar-refractivity contribution in [3.05, 3.63) is 48.5 Å². The fourth-order valence-electron chi connectivity index (χ4n) is 1.96. The summed E-state index contributed by atoms with van der Waals surface area (Å²) in [5.41, 5.74) is 2.37. The normalized spacial score (nSPS) is 10.6. The van der Waals surface area contributed by atoms with Crippen LogP contribution in [-0.2, 0) is 0 Å². The maximum Gasteiger partial charge on any atom is 0.119 e. The van der Waals surface area contributed by atoms with Crippen molar-refractivity contribution in [2.75, 3.05) is 6.61 Å². The van der Waals surface area contributed by atoms with Gasteiger partial charge in [-0.05, 0) is 55.7 Å². The zero-order valence-corrected chi connectivity index (χ0v) is 12.4. The van der Waals surface area contributed by atoms with Gasteiger partial charge in [-0.3, -0.25) is 0 Å². The summed E-state index contributed by atoms with van der Waals surface area (Å²) in [5, 5.41) is 0. The van der Waals surface area contributed by atoms with E-state index >= 15 is 0 Å². The Morgan fingerprint density at radius 1 is 0.800 bits per heavy atom. The van der Waals surface area contributed by atoms with Gasteiger partial charge in [-0.15, -0.1) is 0 Å². The number of hydrogen-bond acceptors (Lipinski definition) is 2. The van der Waals surface area contributed by atoms with Crippen molar-refractivity contribution >= 4 is 0 Å². The molecule has 0 aliphatic rings. The zero-order valence-electron chi connectivity index (χ0n) is 12.4. The maximum atomic E-state index is 5.65. The lowest BCUT2D eigenvalue weighted by molar-refractivity contribution is 0.242. The van der Waals surface area contributed by atoms with Crippen LogP contribution < -0.4 is 9.47 Å². The molecule has 0 radical (unpaired) electrons. The first-order valence-corrected chi connectivity index (χ1v) is 7.19. The second-order valence-corrected chi connectivity index (χ2v) is 5.06. The third-order valence-electron chi connectivity index (χ3n) is 2.89. The van der Waals surface area contributed by atoms with Crippen molar-refractivity contribution in [1.82, 2.24) is 0 Å². The van der Waals surface area contributed by atoms with Crippen molar-refractivity contribution in [3.63, 3.8) is 0 Å². The number of rotatable bonds is 6. The molecule has 2 aromatic rings. The van der Waals surface area contributed by atoms with Crippen LogP contribution >= 0.6 is 0 Å². The highest BCUT2D eigenvalue weighted by Gasteiger charge is 2.01. The van der Waals surface area contributed by atoms with Crippen LogP contribution in [0, 0.1) is 0 Å². The van der Waals surface area contributed by atoms with E-state index in [2.05, 4.69) is 31.2 Å². The maximum absolute atomic E-state index is 5.65. The first-order valence-electron chi connectivity index (χ1n) is 7.19. The molecular formula is C18H22O2. The van der Waals surface area contributed by atoms with Gasteiger partial charge in [0.1, 0.15) is 11.5 Å². The lowest BCUT2D eigenvalue weighted by atomic mass is 10.1. The topological polar surface area (TPSA) is 18.5 Å². The average molecular weight is 270 g/mol. The van der Waals surface area contributed by atoms with Gasteiger partial charge >= 0.3 is 0 Å². The summed E-state index contributed by atoms with van der Waals surface area (Å²) in [6, 6.07) is 16.4. The Morgan fingerprint density at radius 3 is 1.75 bits per heavy atom. The highest BCUT2D eigenvalue weighted by atomic mass is 16.5. The van der Waals surface area contributed by atoms with Crippen LogP contribution in [0.2, 0.25) is 0 Å². The molecule has 2 aromatic carbocycles. The zero-order chi connectivity index (χ0) is 14.4. The highest BCUT2D eigenvalue weighted by molar-refractivity contribution is 5.64. The van der Waals surface area contributed by atoms with Gasteiger partial charge in [0, 0.05) is 0 Å². The van der Waals surface area contributed by atoms with Crippen LogP contribution in [0.25, 0.3) is 11.1 Å². The van der Waals surface area contributed by atoms with Crippen LogP contribution in [0.5, 0.6) is 11.5 Å². The van der Waals surface area contributed by atoms with E-state index in [9.17, 15) is 0 Å². The van der Waals surface area contributed by atoms with E-state index in [1.807, 2.05) is 38.1 Å². The van der Waals surface area contributed by atoms with Gasteiger partial charge in [-0.1, -0.05) is 31.2 Å². The monoisotopic (exact) mass is 270 g/mol. The van der Waals surface area contributed by atoms with Gasteiger partial charge < -0.3 is 9.47 Å². The van der Waals surface area contributed by atoms with Gasteiger partial charge in [0.05, 0.1) is 12.7 Å². The van der Waals surface area contributed by atoms with Crippen LogP contribution in [0.4, 0.5) is 0 Å². The molecule has 2 heteroatoms. The van der Waals surface area contributed by atoms with Crippen LogP contribution in [0.1, 0.15) is 27.2 Å². The minimum absolute atomic E-state index is 0.204. The summed E-state index contributed by atoms with van der Waals surface area (Å²) in [6.45, 7) is 6.93. The summed E-state index contributed by atoms with van der Waals surface area (Å²) >= 11 is 0. The van der Waals surface area contributed by atoms with Crippen LogP contribution in [-0.4, -0.2) is 12.7 Å². The highest BCUT2D eigenvalue weighted by Crippen LogP contribution is 2.25. The van der Waals surface area contributed by atoms with E-state index in [1.165, 1.54) is 11.1 Å². The molecule has 0 heterocycles. The predicted molar refractivity (Wildman–Crippen MR) is 83.4 cm³/mol. The van der Waals surface area contributed by atoms with Gasteiger partial charge in [0.15, 0.2) is 0 Å². The minimum atomic E-state index is 0.204. The van der Waals surface area contributed by atoms with Crippen molar-refractivity contribution in [2.45, 2.75) is 33.3 Å². The van der Waals surface area contributed by atoms with E-state index in [1.54, 1.807) is 0 Å². The lowest BCUT2D eigenvalue weighted by Crippen LogP contribution is -2.05. The first-order chi connectivity index (χ1) is 9.69. The quantitative estimate of drug-likeness (QED) is 0.741. The van der Waals surface area contributed by atoms with Crippen molar-refractivity contribution < 1.29 is 9.47 Å². The minimum Gasteiger partial charge on any atom is -0.494 e.